The average Bonchev–Trinajstić information content (AvgIpc) is 2.72. The third-order valence-electron chi connectivity index (χ3n) is 4.53. The lowest BCUT2D eigenvalue weighted by Gasteiger charge is -2.22. The molecule has 0 aromatic heterocycles. The fraction of sp³-hybridized carbons (Fsp3) is 0.625. The number of ether oxygens (including phenoxy) is 3. The number of hydrogen-bond donors (Lipinski definition) is 3. The van der Waals surface area contributed by atoms with E-state index in [2.05, 4.69) is 10.6 Å². The normalized spacial score (nSPS) is 11.9. The van der Waals surface area contributed by atoms with Gasteiger partial charge in [0.1, 0.15) is 17.4 Å². The van der Waals surface area contributed by atoms with Gasteiger partial charge in [-0.2, -0.15) is 0 Å². The lowest BCUT2D eigenvalue weighted by atomic mass is 10.1. The van der Waals surface area contributed by atoms with Gasteiger partial charge in [0.15, 0.2) is 0 Å². The molecule has 1 atom stereocenters. The molecule has 1 aromatic rings. The van der Waals surface area contributed by atoms with E-state index in [9.17, 15) is 14.4 Å². The molecule has 0 bridgehead atoms. The number of nitrogens with two attached hydrogens (primary N) is 1. The predicted octanol–water partition coefficient (Wildman–Crippen LogP) is 3.68. The number of alkyl carbamates (subject to hydrolysis) is 2. The first kappa shape index (κ1) is 28.1. The van der Waals surface area contributed by atoms with Gasteiger partial charge in [-0.15, -0.1) is 0 Å². The van der Waals surface area contributed by atoms with Crippen LogP contribution < -0.4 is 21.1 Å². The van der Waals surface area contributed by atoms with E-state index in [1.54, 1.807) is 20.8 Å². The van der Waals surface area contributed by atoms with Crippen molar-refractivity contribution in [3.63, 3.8) is 0 Å². The Hall–Kier alpha value is -2.97. The van der Waals surface area contributed by atoms with Crippen molar-refractivity contribution < 1.29 is 28.6 Å². The predicted molar refractivity (Wildman–Crippen MR) is 126 cm³/mol. The molecule has 0 saturated heterocycles. The van der Waals surface area contributed by atoms with Crippen LogP contribution in [0.4, 0.5) is 9.59 Å². The van der Waals surface area contributed by atoms with E-state index in [0.717, 1.165) is 37.7 Å². The number of primary amides is 1. The van der Waals surface area contributed by atoms with E-state index in [1.165, 1.54) is 0 Å². The average molecular weight is 466 g/mol. The molecule has 33 heavy (non-hydrogen) atoms. The summed E-state index contributed by atoms with van der Waals surface area (Å²) in [5, 5.41) is 5.22. The van der Waals surface area contributed by atoms with Gasteiger partial charge in [0.25, 0.3) is 0 Å². The second kappa shape index (κ2) is 15.0. The van der Waals surface area contributed by atoms with E-state index in [0.29, 0.717) is 18.9 Å². The quantitative estimate of drug-likeness (QED) is 0.360. The first-order chi connectivity index (χ1) is 15.6. The highest BCUT2D eigenvalue weighted by Gasteiger charge is 2.22. The zero-order valence-corrected chi connectivity index (χ0v) is 20.3. The maximum absolute atomic E-state index is 11.8. The molecule has 186 valence electrons. The molecule has 0 heterocycles. The lowest BCUT2D eigenvalue weighted by molar-refractivity contribution is -0.120. The van der Waals surface area contributed by atoms with Crippen molar-refractivity contribution in [2.45, 2.75) is 77.9 Å². The lowest BCUT2D eigenvalue weighted by Crippen LogP contribution is -2.47. The van der Waals surface area contributed by atoms with Gasteiger partial charge in [-0.3, -0.25) is 4.79 Å². The van der Waals surface area contributed by atoms with Gasteiger partial charge in [-0.25, -0.2) is 9.59 Å². The van der Waals surface area contributed by atoms with Crippen LogP contribution in [0.3, 0.4) is 0 Å². The molecule has 0 radical (unpaired) electrons. The molecular weight excluding hydrogens is 426 g/mol. The Labute approximate surface area is 196 Å². The highest BCUT2D eigenvalue weighted by Crippen LogP contribution is 2.14. The number of rotatable bonds is 14. The topological polar surface area (TPSA) is 129 Å². The minimum Gasteiger partial charge on any atom is -0.494 e. The van der Waals surface area contributed by atoms with Crippen LogP contribution in [-0.4, -0.2) is 49.5 Å². The first-order valence-electron chi connectivity index (χ1n) is 11.5. The van der Waals surface area contributed by atoms with E-state index < -0.39 is 23.6 Å². The van der Waals surface area contributed by atoms with Crippen LogP contribution in [0.25, 0.3) is 0 Å². The van der Waals surface area contributed by atoms with Gasteiger partial charge in [0, 0.05) is 13.0 Å². The summed E-state index contributed by atoms with van der Waals surface area (Å²) in [6, 6.07) is 6.80. The largest absolute Gasteiger partial charge is 0.494 e. The molecule has 0 aliphatic carbocycles. The van der Waals surface area contributed by atoms with Gasteiger partial charge in [-0.1, -0.05) is 25.5 Å². The number of nitrogens with one attached hydrogen (secondary N) is 2. The number of hydrogen-bond acceptors (Lipinski definition) is 6. The molecule has 0 aliphatic heterocycles. The molecule has 1 aromatic carbocycles. The molecule has 9 heteroatoms. The Bertz CT molecular complexity index is 731. The van der Waals surface area contributed by atoms with Crippen LogP contribution in [-0.2, 0) is 20.7 Å². The number of benzene rings is 1. The smallest absolute Gasteiger partial charge is 0.408 e. The standard InChI is InChI=1S/C24H39N3O6/c1-5-6-16-32-22(29)26-15-8-7-9-18-10-12-19(13-11-18)31-17-14-20(21(25)28)27-23(30)33-24(2,3)4/h10-13,20H,5-9,14-17H2,1-4H3,(H2,25,28)(H,26,29)(H,27,30). The third kappa shape index (κ3) is 13.9. The Morgan fingerprint density at radius 2 is 1.70 bits per heavy atom. The second-order valence-electron chi connectivity index (χ2n) is 8.76. The SMILES string of the molecule is CCCCOC(=O)NCCCCc1ccc(OCCC(NC(=O)OC(C)(C)C)C(N)=O)cc1. The minimum absolute atomic E-state index is 0.211. The van der Waals surface area contributed by atoms with Crippen molar-refractivity contribution in [3.05, 3.63) is 29.8 Å². The second-order valence-corrected chi connectivity index (χ2v) is 8.76. The Morgan fingerprint density at radius 1 is 1.00 bits per heavy atom. The molecular formula is C24H39N3O6. The summed E-state index contributed by atoms with van der Waals surface area (Å²) in [6.45, 7) is 8.52. The van der Waals surface area contributed by atoms with Crippen LogP contribution >= 0.6 is 0 Å². The van der Waals surface area contributed by atoms with Crippen LogP contribution in [0.15, 0.2) is 24.3 Å². The van der Waals surface area contributed by atoms with Crippen molar-refractivity contribution in [2.24, 2.45) is 5.73 Å². The van der Waals surface area contributed by atoms with Crippen molar-refractivity contribution in [1.29, 1.82) is 0 Å². The number of amides is 3. The zero-order valence-electron chi connectivity index (χ0n) is 20.3. The highest BCUT2D eigenvalue weighted by atomic mass is 16.6. The molecule has 1 rings (SSSR count). The van der Waals surface area contributed by atoms with Gasteiger partial charge >= 0.3 is 12.2 Å². The summed E-state index contributed by atoms with van der Waals surface area (Å²) in [4.78, 5) is 34.9. The Kier molecular flexibility index (Phi) is 12.7. The van der Waals surface area contributed by atoms with Gasteiger partial charge in [0.05, 0.1) is 13.2 Å². The van der Waals surface area contributed by atoms with Gasteiger partial charge in [-0.05, 0) is 64.2 Å². The third-order valence-corrected chi connectivity index (χ3v) is 4.53. The first-order valence-corrected chi connectivity index (χ1v) is 11.5. The van der Waals surface area contributed by atoms with Crippen molar-refractivity contribution in [3.8, 4) is 5.75 Å². The van der Waals surface area contributed by atoms with Crippen molar-refractivity contribution in [2.75, 3.05) is 19.8 Å². The number of carbonyl (C=O) groups is 3. The summed E-state index contributed by atoms with van der Waals surface area (Å²) < 4.78 is 15.9. The van der Waals surface area contributed by atoms with E-state index in [1.807, 2.05) is 31.2 Å². The molecule has 9 nitrogen and oxygen atoms in total. The van der Waals surface area contributed by atoms with Crippen LogP contribution in [0, 0.1) is 0 Å². The van der Waals surface area contributed by atoms with E-state index in [-0.39, 0.29) is 19.1 Å². The Balaban J connectivity index is 2.28. The van der Waals surface area contributed by atoms with E-state index >= 15 is 0 Å². The summed E-state index contributed by atoms with van der Waals surface area (Å²) in [6.07, 6.45) is 3.73. The molecule has 0 saturated carbocycles. The zero-order chi connectivity index (χ0) is 24.7. The maximum Gasteiger partial charge on any atom is 0.408 e. The molecule has 0 fully saturated rings. The molecule has 0 aliphatic rings. The number of aryl methyl sites for hydroxylation is 1. The monoisotopic (exact) mass is 465 g/mol. The summed E-state index contributed by atoms with van der Waals surface area (Å²) in [5.74, 6) is 0.0132. The minimum atomic E-state index is -0.878. The van der Waals surface area contributed by atoms with Crippen LogP contribution in [0.1, 0.15) is 65.4 Å². The van der Waals surface area contributed by atoms with Crippen LogP contribution in [0.2, 0.25) is 0 Å². The summed E-state index contributed by atoms with van der Waals surface area (Å²) >= 11 is 0. The van der Waals surface area contributed by atoms with Crippen molar-refractivity contribution >= 4 is 18.1 Å². The molecule has 0 spiro atoms. The maximum atomic E-state index is 11.8. The van der Waals surface area contributed by atoms with Crippen molar-refractivity contribution in [1.82, 2.24) is 10.6 Å². The molecule has 4 N–H and O–H groups in total. The fourth-order valence-corrected chi connectivity index (χ4v) is 2.79. The summed E-state index contributed by atoms with van der Waals surface area (Å²) in [5.41, 5.74) is 5.86. The van der Waals surface area contributed by atoms with Gasteiger partial charge in [0.2, 0.25) is 5.91 Å². The van der Waals surface area contributed by atoms with Gasteiger partial charge < -0.3 is 30.6 Å². The fourth-order valence-electron chi connectivity index (χ4n) is 2.79. The molecule has 1 unspecified atom stereocenters. The van der Waals surface area contributed by atoms with Crippen LogP contribution in [0.5, 0.6) is 5.75 Å². The Morgan fingerprint density at radius 3 is 2.30 bits per heavy atom. The molecule has 3 amide bonds. The number of carbonyl (C=O) groups excluding carboxylic acids is 3. The number of unbranched alkanes of at least 4 members (excludes halogenated alkanes) is 2. The summed E-state index contributed by atoms with van der Waals surface area (Å²) in [7, 11) is 0. The highest BCUT2D eigenvalue weighted by molar-refractivity contribution is 5.84. The van der Waals surface area contributed by atoms with E-state index in [4.69, 9.17) is 19.9 Å².